The van der Waals surface area contributed by atoms with E-state index < -0.39 is 0 Å². The van der Waals surface area contributed by atoms with Gasteiger partial charge in [-0.05, 0) is 23.7 Å². The Hall–Kier alpha value is -1.92. The number of hydrogen-bond acceptors (Lipinski definition) is 1. The second kappa shape index (κ2) is 3.79. The Kier molecular flexibility index (Phi) is 2.18. The highest BCUT2D eigenvalue weighted by Gasteiger charge is 2.11. The van der Waals surface area contributed by atoms with Crippen LogP contribution in [0, 0.1) is 6.92 Å². The third kappa shape index (κ3) is 1.44. The molecule has 2 aromatic carbocycles. The van der Waals surface area contributed by atoms with Gasteiger partial charge >= 0.3 is 0 Å². The van der Waals surface area contributed by atoms with Crippen molar-refractivity contribution < 1.29 is 0 Å². The number of aromatic nitrogens is 2. The molecule has 0 bridgehead atoms. The minimum absolute atomic E-state index is 1.04. The van der Waals surface area contributed by atoms with Gasteiger partial charge < -0.3 is 0 Å². The third-order valence-corrected chi connectivity index (χ3v) is 4.08. The predicted molar refractivity (Wildman–Crippen MR) is 84.3 cm³/mol. The molecule has 0 aliphatic heterocycles. The summed E-state index contributed by atoms with van der Waals surface area (Å²) in [6.07, 6.45) is 2.11. The molecule has 0 amide bonds. The topological polar surface area (TPSA) is 17.3 Å². The van der Waals surface area contributed by atoms with Crippen molar-refractivity contribution in [1.29, 1.82) is 0 Å². The number of imidazole rings is 1. The summed E-state index contributed by atoms with van der Waals surface area (Å²) in [5.41, 5.74) is 3.30. The van der Waals surface area contributed by atoms with Gasteiger partial charge in [0, 0.05) is 17.0 Å². The average molecular weight is 264 g/mol. The molecule has 0 saturated carbocycles. The van der Waals surface area contributed by atoms with Gasteiger partial charge in [0.05, 0.1) is 11.2 Å². The van der Waals surface area contributed by atoms with E-state index in [9.17, 15) is 0 Å². The summed E-state index contributed by atoms with van der Waals surface area (Å²) >= 11 is 0. The molecule has 92 valence electrons. The van der Waals surface area contributed by atoms with Crippen LogP contribution in [0.5, 0.6) is 0 Å². The quantitative estimate of drug-likeness (QED) is 0.351. The number of fused-ring (bicyclic) bond motifs is 6. The maximum atomic E-state index is 4.70. The maximum absolute atomic E-state index is 4.70. The molecule has 1 unspecified atom stereocenters. The molecule has 2 heterocycles. The smallest absolute Gasteiger partial charge is 0.146 e. The molecule has 3 heteroatoms. The zero-order chi connectivity index (χ0) is 13.0. The summed E-state index contributed by atoms with van der Waals surface area (Å²) in [5, 5.41) is 4.95. The average Bonchev–Trinajstić information content (AvgIpc) is 2.81. The molecule has 0 spiro atoms. The molecule has 1 atom stereocenters. The van der Waals surface area contributed by atoms with E-state index in [2.05, 4.69) is 62.3 Å². The molecule has 0 radical (unpaired) electrons. The van der Waals surface area contributed by atoms with E-state index >= 15 is 0 Å². The lowest BCUT2D eigenvalue weighted by atomic mass is 10.1. The molecule has 0 fully saturated rings. The van der Waals surface area contributed by atoms with E-state index in [1.165, 1.54) is 27.0 Å². The fourth-order valence-corrected chi connectivity index (χ4v) is 3.21. The van der Waals surface area contributed by atoms with Crippen molar-refractivity contribution in [1.82, 2.24) is 9.38 Å². The van der Waals surface area contributed by atoms with E-state index in [4.69, 9.17) is 4.98 Å². The normalized spacial score (nSPS) is 11.7. The predicted octanol–water partition coefficient (Wildman–Crippen LogP) is 3.45. The van der Waals surface area contributed by atoms with Crippen LogP contribution in [-0.2, 0) is 0 Å². The first kappa shape index (κ1) is 11.0. The first-order valence-corrected chi connectivity index (χ1v) is 6.88. The van der Waals surface area contributed by atoms with Crippen LogP contribution in [0.25, 0.3) is 27.3 Å². The van der Waals surface area contributed by atoms with Gasteiger partial charge in [0.2, 0.25) is 0 Å². The molecule has 0 aliphatic rings. The van der Waals surface area contributed by atoms with E-state index in [0.717, 1.165) is 11.3 Å². The highest BCUT2D eigenvalue weighted by Crippen LogP contribution is 2.28. The summed E-state index contributed by atoms with van der Waals surface area (Å²) in [5.74, 6) is 0. The SMILES string of the molecule is Cc1cn2c3ccccc3c3cccc(P)c3c2n1. The summed E-state index contributed by atoms with van der Waals surface area (Å²) in [6.45, 7) is 2.04. The third-order valence-electron chi connectivity index (χ3n) is 3.60. The Balaban J connectivity index is 2.47. The molecule has 4 aromatic rings. The largest absolute Gasteiger partial charge is 0.299 e. The molecule has 0 saturated heterocycles. The second-order valence-electron chi connectivity index (χ2n) is 4.86. The van der Waals surface area contributed by atoms with Crippen molar-refractivity contribution in [3.63, 3.8) is 0 Å². The van der Waals surface area contributed by atoms with Gasteiger partial charge in [0.15, 0.2) is 0 Å². The molecule has 2 aromatic heterocycles. The van der Waals surface area contributed by atoms with Crippen LogP contribution < -0.4 is 5.30 Å². The number of nitrogens with zero attached hydrogens (tertiary/aromatic N) is 2. The number of para-hydroxylation sites is 1. The van der Waals surface area contributed by atoms with Gasteiger partial charge in [-0.3, -0.25) is 4.40 Å². The van der Waals surface area contributed by atoms with Crippen LogP contribution >= 0.6 is 9.24 Å². The number of rotatable bonds is 0. The van der Waals surface area contributed by atoms with Crippen LogP contribution in [0.1, 0.15) is 5.69 Å². The van der Waals surface area contributed by atoms with Crippen LogP contribution in [-0.4, -0.2) is 9.38 Å². The number of pyridine rings is 1. The van der Waals surface area contributed by atoms with Gasteiger partial charge in [-0.15, -0.1) is 9.24 Å². The molecule has 4 rings (SSSR count). The van der Waals surface area contributed by atoms with E-state index in [1.54, 1.807) is 0 Å². The Morgan fingerprint density at radius 2 is 1.79 bits per heavy atom. The maximum Gasteiger partial charge on any atom is 0.146 e. The van der Waals surface area contributed by atoms with Gasteiger partial charge in [-0.2, -0.15) is 0 Å². The van der Waals surface area contributed by atoms with Crippen molar-refractivity contribution in [2.24, 2.45) is 0 Å². The molecule has 19 heavy (non-hydrogen) atoms. The highest BCUT2D eigenvalue weighted by atomic mass is 31.0. The monoisotopic (exact) mass is 264 g/mol. The number of hydrogen-bond donors (Lipinski definition) is 0. The lowest BCUT2D eigenvalue weighted by Gasteiger charge is -2.09. The van der Waals surface area contributed by atoms with Crippen molar-refractivity contribution in [2.45, 2.75) is 6.92 Å². The fourth-order valence-electron chi connectivity index (χ4n) is 2.81. The number of benzene rings is 2. The van der Waals surface area contributed by atoms with Crippen LogP contribution in [0.3, 0.4) is 0 Å². The van der Waals surface area contributed by atoms with E-state index in [0.29, 0.717) is 0 Å². The Bertz CT molecular complexity index is 938. The van der Waals surface area contributed by atoms with Crippen LogP contribution in [0.15, 0.2) is 48.7 Å². The zero-order valence-electron chi connectivity index (χ0n) is 10.6. The summed E-state index contributed by atoms with van der Waals surface area (Å²) in [4.78, 5) is 4.70. The second-order valence-corrected chi connectivity index (χ2v) is 5.48. The van der Waals surface area contributed by atoms with E-state index in [1.807, 2.05) is 6.92 Å². The summed E-state index contributed by atoms with van der Waals surface area (Å²) < 4.78 is 2.19. The van der Waals surface area contributed by atoms with Crippen molar-refractivity contribution in [2.75, 3.05) is 0 Å². The Morgan fingerprint density at radius 1 is 1.00 bits per heavy atom. The fraction of sp³-hybridized carbons (Fsp3) is 0.0625. The van der Waals surface area contributed by atoms with Crippen LogP contribution in [0.2, 0.25) is 0 Å². The minimum atomic E-state index is 1.04. The summed E-state index contributed by atoms with van der Waals surface area (Å²) in [6, 6.07) is 14.9. The van der Waals surface area contributed by atoms with Crippen molar-refractivity contribution >= 4 is 41.9 Å². The molecular formula is C16H13N2P. The first-order chi connectivity index (χ1) is 9.25. The molecule has 0 N–H and O–H groups in total. The standard InChI is InChI=1S/C16H13N2P/c1-10-9-18-13-7-3-2-5-11(13)12-6-4-8-14(19)15(12)16(18)17-10/h2-9H,19H2,1H3. The molecule has 0 aliphatic carbocycles. The van der Waals surface area contributed by atoms with Gasteiger partial charge in [0.1, 0.15) is 5.65 Å². The zero-order valence-corrected chi connectivity index (χ0v) is 11.7. The van der Waals surface area contributed by atoms with Gasteiger partial charge in [0.25, 0.3) is 0 Å². The van der Waals surface area contributed by atoms with Crippen molar-refractivity contribution in [3.8, 4) is 0 Å². The van der Waals surface area contributed by atoms with E-state index in [-0.39, 0.29) is 0 Å². The summed E-state index contributed by atoms with van der Waals surface area (Å²) in [7, 11) is 2.82. The van der Waals surface area contributed by atoms with Crippen LogP contribution in [0.4, 0.5) is 0 Å². The Morgan fingerprint density at radius 3 is 2.68 bits per heavy atom. The lowest BCUT2D eigenvalue weighted by molar-refractivity contribution is 1.27. The number of aryl methyl sites for hydroxylation is 1. The molecule has 2 nitrogen and oxygen atoms in total. The minimum Gasteiger partial charge on any atom is -0.299 e. The Labute approximate surface area is 113 Å². The van der Waals surface area contributed by atoms with Gasteiger partial charge in [-0.25, -0.2) is 4.98 Å². The molecular weight excluding hydrogens is 251 g/mol. The highest BCUT2D eigenvalue weighted by molar-refractivity contribution is 7.28. The van der Waals surface area contributed by atoms with Crippen molar-refractivity contribution in [3.05, 3.63) is 54.4 Å². The first-order valence-electron chi connectivity index (χ1n) is 6.30. The van der Waals surface area contributed by atoms with Gasteiger partial charge in [-0.1, -0.05) is 36.4 Å². The lowest BCUT2D eigenvalue weighted by Crippen LogP contribution is -1.98.